The Balaban J connectivity index is 1.61. The number of nitrogens with zero attached hydrogens (tertiary/aromatic N) is 2. The van der Waals surface area contributed by atoms with Gasteiger partial charge in [-0.2, -0.15) is 0 Å². The molecule has 1 heterocycles. The fraction of sp³-hybridized carbons (Fsp3) is 0.321. The molecule has 176 valence electrons. The molecule has 2 unspecified atom stereocenters. The third-order valence-corrected chi connectivity index (χ3v) is 5.55. The maximum Gasteiger partial charge on any atom is 0.303 e. The highest BCUT2D eigenvalue weighted by atomic mass is 16.5. The van der Waals surface area contributed by atoms with Gasteiger partial charge in [0, 0.05) is 46.6 Å². The lowest BCUT2D eigenvalue weighted by Gasteiger charge is -2.25. The lowest BCUT2D eigenvalue weighted by Crippen LogP contribution is -2.33. The van der Waals surface area contributed by atoms with Crippen LogP contribution in [0.5, 0.6) is 5.75 Å². The number of amides is 1. The van der Waals surface area contributed by atoms with Gasteiger partial charge in [-0.1, -0.05) is 36.4 Å². The molecule has 4 rings (SSSR count). The summed E-state index contributed by atoms with van der Waals surface area (Å²) in [5.41, 5.74) is 2.28. The van der Waals surface area contributed by atoms with E-state index in [4.69, 9.17) is 15.3 Å². The minimum Gasteiger partial charge on any atom is -0.493 e. The maximum atomic E-state index is 14.0. The quantitative estimate of drug-likeness (QED) is 0.356. The zero-order chi connectivity index (χ0) is 27.3. The molecule has 1 amide bonds. The molecular weight excluding hydrogens is 428 g/mol. The topological polar surface area (TPSA) is 79.7 Å². The Morgan fingerprint density at radius 3 is 2.56 bits per heavy atom. The molecule has 1 saturated carbocycles. The summed E-state index contributed by atoms with van der Waals surface area (Å²) in [6.45, 7) is 0.237. The van der Waals surface area contributed by atoms with Crippen LogP contribution in [-0.2, 0) is 11.3 Å². The number of carboxylic acid groups (broad SMARTS) is 1. The fourth-order valence-corrected chi connectivity index (χ4v) is 3.74. The number of benzene rings is 2. The van der Waals surface area contributed by atoms with Crippen LogP contribution in [0.1, 0.15) is 59.9 Å². The number of carboxylic acids is 1. The largest absolute Gasteiger partial charge is 0.493 e. The zero-order valence-electron chi connectivity index (χ0n) is 22.8. The number of unbranched alkanes of at least 4 members (excludes halogenated alkanes) is 2. The third kappa shape index (κ3) is 6.22. The first-order valence-electron chi connectivity index (χ1n) is 13.4. The van der Waals surface area contributed by atoms with Gasteiger partial charge in [0.05, 0.1) is 7.98 Å². The summed E-state index contributed by atoms with van der Waals surface area (Å²) in [5, 5.41) is 8.78. The van der Waals surface area contributed by atoms with Crippen LogP contribution in [0.4, 0.5) is 0 Å². The van der Waals surface area contributed by atoms with Gasteiger partial charge >= 0.3 is 5.97 Å². The molecule has 2 atom stereocenters. The van der Waals surface area contributed by atoms with Gasteiger partial charge in [0.1, 0.15) is 5.75 Å². The second-order valence-corrected chi connectivity index (χ2v) is 8.01. The number of aromatic nitrogens is 1. The summed E-state index contributed by atoms with van der Waals surface area (Å²) in [7, 11) is 0. The molecule has 34 heavy (non-hydrogen) atoms. The van der Waals surface area contributed by atoms with Crippen molar-refractivity contribution < 1.29 is 24.9 Å². The van der Waals surface area contributed by atoms with Gasteiger partial charge in [-0.25, -0.2) is 0 Å². The normalized spacial score (nSPS) is 21.9. The van der Waals surface area contributed by atoms with E-state index in [-0.39, 0.29) is 13.0 Å². The predicted molar refractivity (Wildman–Crippen MR) is 131 cm³/mol. The molecule has 0 spiro atoms. The second-order valence-electron chi connectivity index (χ2n) is 8.01. The van der Waals surface area contributed by atoms with Crippen LogP contribution in [0.3, 0.4) is 0 Å². The van der Waals surface area contributed by atoms with Gasteiger partial charge in [-0.3, -0.25) is 14.6 Å². The van der Waals surface area contributed by atoms with Crippen LogP contribution < -0.4 is 4.74 Å². The van der Waals surface area contributed by atoms with Gasteiger partial charge < -0.3 is 14.7 Å². The number of carbonyl (C=O) groups excluding carboxylic acids is 1. The van der Waals surface area contributed by atoms with Crippen molar-refractivity contribution in [2.45, 2.75) is 51.0 Å². The number of rotatable bonds is 12. The Labute approximate surface area is 205 Å². The Kier molecular flexibility index (Phi) is 6.31. The molecule has 1 aliphatic carbocycles. The van der Waals surface area contributed by atoms with Crippen molar-refractivity contribution in [2.75, 3.05) is 6.61 Å². The van der Waals surface area contributed by atoms with E-state index in [1.807, 2.05) is 0 Å². The lowest BCUT2D eigenvalue weighted by molar-refractivity contribution is -0.137. The van der Waals surface area contributed by atoms with Crippen molar-refractivity contribution in [3.8, 4) is 16.9 Å². The lowest BCUT2D eigenvalue weighted by atomic mass is 9.99. The highest BCUT2D eigenvalue weighted by Crippen LogP contribution is 2.34. The molecule has 0 radical (unpaired) electrons. The molecule has 2 aromatic carbocycles. The van der Waals surface area contributed by atoms with Crippen LogP contribution in [0, 0.1) is 0 Å². The number of hydrogen-bond acceptors (Lipinski definition) is 4. The highest BCUT2D eigenvalue weighted by molar-refractivity contribution is 6.01. The Hall–Kier alpha value is -3.67. The van der Waals surface area contributed by atoms with Gasteiger partial charge in [0.2, 0.25) is 0 Å². The van der Waals surface area contributed by atoms with Crippen molar-refractivity contribution in [1.29, 1.82) is 0 Å². The molecule has 1 N–H and O–H groups in total. The van der Waals surface area contributed by atoms with Gasteiger partial charge in [-0.05, 0) is 67.4 Å². The Bertz CT molecular complexity index is 1290. The zero-order valence-corrected chi connectivity index (χ0v) is 18.8. The minimum atomic E-state index is -2.20. The molecule has 0 bridgehead atoms. The van der Waals surface area contributed by atoms with Crippen molar-refractivity contribution >= 4 is 11.9 Å². The second kappa shape index (κ2) is 11.5. The molecule has 1 fully saturated rings. The van der Waals surface area contributed by atoms with E-state index in [2.05, 4.69) is 4.98 Å². The van der Waals surface area contributed by atoms with Crippen molar-refractivity contribution in [2.24, 2.45) is 0 Å². The van der Waals surface area contributed by atoms with Gasteiger partial charge in [0.25, 0.3) is 5.91 Å². The number of aliphatic carboxylic acids is 1. The number of para-hydroxylation sites is 1. The summed E-state index contributed by atoms with van der Waals surface area (Å²) in [6, 6.07) is 15.5. The molecule has 1 aliphatic rings. The van der Waals surface area contributed by atoms with Crippen LogP contribution in [0.15, 0.2) is 73.1 Å². The number of carbonyl (C=O) groups is 2. The summed E-state index contributed by atoms with van der Waals surface area (Å²) in [4.78, 5) is 29.9. The SMILES string of the molecule is [2H]C1C([2H])([2H])C1([2H])N(Cc1ccccc1OCCCCCC(=O)O)C(=O)c1ccccc1-c1ccncc1. The van der Waals surface area contributed by atoms with E-state index < -0.39 is 30.7 Å². The first kappa shape index (κ1) is 18.7. The van der Waals surface area contributed by atoms with E-state index in [9.17, 15) is 9.59 Å². The summed E-state index contributed by atoms with van der Waals surface area (Å²) < 4.78 is 39.6. The van der Waals surface area contributed by atoms with Crippen molar-refractivity contribution in [1.82, 2.24) is 9.88 Å². The third-order valence-electron chi connectivity index (χ3n) is 5.55. The first-order valence-corrected chi connectivity index (χ1v) is 11.3. The van der Waals surface area contributed by atoms with E-state index in [0.717, 1.165) is 10.5 Å². The standard InChI is InChI=1S/C28H30N2O4/c31-27(32)12-2-1-7-19-34-26-11-6-3-8-22(26)20-30(23-13-14-23)28(33)25-10-5-4-9-24(25)21-15-17-29-18-16-21/h3-6,8-11,15-18,23H,1-2,7,12-14,19-20H2,(H,31,32)/i13D,14D2,23D. The fourth-order valence-electron chi connectivity index (χ4n) is 3.74. The molecule has 6 heteroatoms. The van der Waals surface area contributed by atoms with Crippen LogP contribution in [-0.4, -0.2) is 39.5 Å². The minimum absolute atomic E-state index is 0.108. The average molecular weight is 463 g/mol. The summed E-state index contributed by atoms with van der Waals surface area (Å²) in [5.74, 6) is -0.879. The smallest absolute Gasteiger partial charge is 0.303 e. The number of pyridine rings is 1. The molecule has 0 saturated heterocycles. The molecule has 0 aliphatic heterocycles. The summed E-state index contributed by atoms with van der Waals surface area (Å²) >= 11 is 0. The van der Waals surface area contributed by atoms with Crippen LogP contribution in [0.2, 0.25) is 0 Å². The van der Waals surface area contributed by atoms with Crippen LogP contribution in [0.25, 0.3) is 11.1 Å². The maximum absolute atomic E-state index is 14.0. The van der Waals surface area contributed by atoms with E-state index >= 15 is 0 Å². The van der Waals surface area contributed by atoms with E-state index in [1.54, 1.807) is 73.1 Å². The predicted octanol–water partition coefficient (Wildman–Crippen LogP) is 5.58. The molecular formula is C28H30N2O4. The molecule has 6 nitrogen and oxygen atoms in total. The summed E-state index contributed by atoms with van der Waals surface area (Å²) in [6.07, 6.45) is 1.63. The highest BCUT2D eigenvalue weighted by Gasteiger charge is 2.34. The Morgan fingerprint density at radius 1 is 1.06 bits per heavy atom. The van der Waals surface area contributed by atoms with Crippen LogP contribution >= 0.6 is 0 Å². The average Bonchev–Trinajstić information content (AvgIpc) is 3.32. The molecule has 1 aromatic heterocycles. The monoisotopic (exact) mass is 462 g/mol. The van der Waals surface area contributed by atoms with Crippen molar-refractivity contribution in [3.63, 3.8) is 0 Å². The first-order chi connectivity index (χ1) is 18.2. The number of hydrogen-bond donors (Lipinski definition) is 1. The van der Waals surface area contributed by atoms with Gasteiger partial charge in [-0.15, -0.1) is 0 Å². The van der Waals surface area contributed by atoms with Crippen molar-refractivity contribution in [3.05, 3.63) is 84.2 Å². The van der Waals surface area contributed by atoms with Gasteiger partial charge in [0.15, 0.2) is 0 Å². The van der Waals surface area contributed by atoms with E-state index in [1.165, 1.54) is 0 Å². The molecule has 3 aromatic rings. The number of ether oxygens (including phenoxy) is 1. The van der Waals surface area contributed by atoms with E-state index in [0.29, 0.717) is 48.3 Å². The Morgan fingerprint density at radius 2 is 1.79 bits per heavy atom.